The summed E-state index contributed by atoms with van der Waals surface area (Å²) >= 11 is 0. The van der Waals surface area contributed by atoms with Crippen LogP contribution in [0.2, 0.25) is 0 Å². The number of nitrogens with zero attached hydrogens (tertiary/aromatic N) is 3. The Morgan fingerprint density at radius 3 is 2.76 bits per heavy atom. The van der Waals surface area contributed by atoms with Gasteiger partial charge in [-0.05, 0) is 25.1 Å². The monoisotopic (exact) mass is 337 g/mol. The molecule has 0 aliphatic carbocycles. The maximum atomic E-state index is 12.1. The van der Waals surface area contributed by atoms with Gasteiger partial charge < -0.3 is 10.6 Å². The van der Waals surface area contributed by atoms with Gasteiger partial charge in [0.25, 0.3) is 5.91 Å². The van der Waals surface area contributed by atoms with Gasteiger partial charge in [-0.1, -0.05) is 18.2 Å². The van der Waals surface area contributed by atoms with Crippen LogP contribution in [0.25, 0.3) is 10.9 Å². The average Bonchev–Trinajstić information content (AvgIpc) is 2.93. The van der Waals surface area contributed by atoms with E-state index in [1.54, 1.807) is 19.3 Å². The van der Waals surface area contributed by atoms with Crippen LogP contribution in [-0.4, -0.2) is 33.1 Å². The molecule has 2 heterocycles. The van der Waals surface area contributed by atoms with Gasteiger partial charge in [0.2, 0.25) is 5.91 Å². The number of fused-ring (bicyclic) bond motifs is 1. The molecule has 0 fully saturated rings. The Balaban J connectivity index is 1.56. The predicted molar refractivity (Wildman–Crippen MR) is 95.3 cm³/mol. The Morgan fingerprint density at radius 2 is 2.00 bits per heavy atom. The number of para-hydroxylation sites is 1. The Morgan fingerprint density at radius 1 is 1.20 bits per heavy atom. The molecule has 0 saturated heterocycles. The van der Waals surface area contributed by atoms with Crippen molar-refractivity contribution in [2.24, 2.45) is 7.05 Å². The van der Waals surface area contributed by atoms with Gasteiger partial charge in [0.15, 0.2) is 0 Å². The molecule has 2 N–H and O–H groups in total. The second kappa shape index (κ2) is 7.12. The summed E-state index contributed by atoms with van der Waals surface area (Å²) in [7, 11) is 1.71. The molecule has 0 aliphatic heterocycles. The molecule has 1 aromatic carbocycles. The summed E-state index contributed by atoms with van der Waals surface area (Å²) in [5.41, 5.74) is 2.65. The lowest BCUT2D eigenvalue weighted by Crippen LogP contribution is -2.29. The van der Waals surface area contributed by atoms with Crippen molar-refractivity contribution in [1.29, 1.82) is 0 Å². The molecule has 2 aromatic heterocycles. The quantitative estimate of drug-likeness (QED) is 0.745. The molecule has 0 spiro atoms. The number of hydrogen-bond donors (Lipinski definition) is 2. The van der Waals surface area contributed by atoms with Gasteiger partial charge in [-0.2, -0.15) is 5.10 Å². The van der Waals surface area contributed by atoms with Gasteiger partial charge in [-0.3, -0.25) is 19.3 Å². The van der Waals surface area contributed by atoms with Crippen LogP contribution >= 0.6 is 0 Å². The standard InChI is InChI=1S/C18H19N5O2/c1-12-11-15(23(2)22-12)18(25)20-10-8-16(24)21-14-7-3-5-13-6-4-9-19-17(13)14/h3-7,9,11H,8,10H2,1-2H3,(H,20,25)(H,21,24). The number of nitrogens with one attached hydrogen (secondary N) is 2. The zero-order valence-electron chi connectivity index (χ0n) is 14.1. The van der Waals surface area contributed by atoms with Crippen molar-refractivity contribution in [3.05, 3.63) is 54.0 Å². The fourth-order valence-electron chi connectivity index (χ4n) is 2.62. The lowest BCUT2D eigenvalue weighted by Gasteiger charge is -2.08. The average molecular weight is 337 g/mol. The van der Waals surface area contributed by atoms with Crippen LogP contribution < -0.4 is 10.6 Å². The van der Waals surface area contributed by atoms with Crippen molar-refractivity contribution in [3.8, 4) is 0 Å². The van der Waals surface area contributed by atoms with Crippen molar-refractivity contribution in [2.75, 3.05) is 11.9 Å². The van der Waals surface area contributed by atoms with Gasteiger partial charge in [-0.15, -0.1) is 0 Å². The van der Waals surface area contributed by atoms with Crippen LogP contribution in [-0.2, 0) is 11.8 Å². The normalized spacial score (nSPS) is 10.6. The number of aryl methyl sites for hydroxylation is 2. The molecule has 3 rings (SSSR count). The molecule has 7 nitrogen and oxygen atoms in total. The van der Waals surface area contributed by atoms with E-state index in [4.69, 9.17) is 0 Å². The highest BCUT2D eigenvalue weighted by molar-refractivity contribution is 6.00. The molecule has 0 aliphatic rings. The number of amides is 2. The van der Waals surface area contributed by atoms with E-state index >= 15 is 0 Å². The minimum Gasteiger partial charge on any atom is -0.350 e. The maximum Gasteiger partial charge on any atom is 0.269 e. The van der Waals surface area contributed by atoms with Crippen molar-refractivity contribution >= 4 is 28.4 Å². The predicted octanol–water partition coefficient (Wildman–Crippen LogP) is 2.04. The summed E-state index contributed by atoms with van der Waals surface area (Å²) in [4.78, 5) is 28.5. The third-order valence-electron chi connectivity index (χ3n) is 3.78. The van der Waals surface area contributed by atoms with Crippen LogP contribution in [0.4, 0.5) is 5.69 Å². The molecule has 0 radical (unpaired) electrons. The molecule has 25 heavy (non-hydrogen) atoms. The highest BCUT2D eigenvalue weighted by atomic mass is 16.2. The summed E-state index contributed by atoms with van der Waals surface area (Å²) in [5.74, 6) is -0.428. The van der Waals surface area contributed by atoms with Gasteiger partial charge in [0, 0.05) is 31.6 Å². The van der Waals surface area contributed by atoms with Crippen LogP contribution in [0.1, 0.15) is 22.6 Å². The van der Waals surface area contributed by atoms with E-state index in [-0.39, 0.29) is 24.8 Å². The second-order valence-electron chi connectivity index (χ2n) is 5.73. The topological polar surface area (TPSA) is 88.9 Å². The van der Waals surface area contributed by atoms with Crippen LogP contribution in [0.15, 0.2) is 42.6 Å². The number of aromatic nitrogens is 3. The highest BCUT2D eigenvalue weighted by Crippen LogP contribution is 2.20. The fourth-order valence-corrected chi connectivity index (χ4v) is 2.62. The lowest BCUT2D eigenvalue weighted by molar-refractivity contribution is -0.116. The largest absolute Gasteiger partial charge is 0.350 e. The summed E-state index contributed by atoms with van der Waals surface area (Å²) < 4.78 is 1.52. The Bertz CT molecular complexity index is 927. The first-order chi connectivity index (χ1) is 12.0. The molecule has 0 bridgehead atoms. The fraction of sp³-hybridized carbons (Fsp3) is 0.222. The summed E-state index contributed by atoms with van der Waals surface area (Å²) in [6, 6.07) is 11.1. The smallest absolute Gasteiger partial charge is 0.269 e. The first kappa shape index (κ1) is 16.6. The number of carbonyl (C=O) groups is 2. The lowest BCUT2D eigenvalue weighted by atomic mass is 10.2. The number of benzene rings is 1. The zero-order valence-corrected chi connectivity index (χ0v) is 14.1. The van der Waals surface area contributed by atoms with Crippen molar-refractivity contribution in [1.82, 2.24) is 20.1 Å². The molecule has 0 atom stereocenters. The molecular weight excluding hydrogens is 318 g/mol. The van der Waals surface area contributed by atoms with Gasteiger partial charge in [0.05, 0.1) is 16.9 Å². The van der Waals surface area contributed by atoms with E-state index < -0.39 is 0 Å². The third-order valence-corrected chi connectivity index (χ3v) is 3.78. The molecule has 3 aromatic rings. The molecule has 0 saturated carbocycles. The van der Waals surface area contributed by atoms with Gasteiger partial charge in [-0.25, -0.2) is 0 Å². The molecule has 7 heteroatoms. The van der Waals surface area contributed by atoms with E-state index in [0.29, 0.717) is 11.4 Å². The number of hydrogen-bond acceptors (Lipinski definition) is 4. The zero-order chi connectivity index (χ0) is 17.8. The molecule has 128 valence electrons. The highest BCUT2D eigenvalue weighted by Gasteiger charge is 2.12. The first-order valence-corrected chi connectivity index (χ1v) is 7.97. The van der Waals surface area contributed by atoms with E-state index in [2.05, 4.69) is 20.7 Å². The summed E-state index contributed by atoms with van der Waals surface area (Å²) in [5, 5.41) is 10.7. The van der Waals surface area contributed by atoms with E-state index in [0.717, 1.165) is 16.6 Å². The van der Waals surface area contributed by atoms with Crippen LogP contribution in [0, 0.1) is 6.92 Å². The minimum absolute atomic E-state index is 0.172. The van der Waals surface area contributed by atoms with E-state index in [9.17, 15) is 9.59 Å². The number of carbonyl (C=O) groups excluding carboxylic acids is 2. The summed E-state index contributed by atoms with van der Waals surface area (Å²) in [6.07, 6.45) is 1.86. The first-order valence-electron chi connectivity index (χ1n) is 7.97. The number of rotatable bonds is 5. The molecule has 0 unspecified atom stereocenters. The van der Waals surface area contributed by atoms with Crippen LogP contribution in [0.5, 0.6) is 0 Å². The third kappa shape index (κ3) is 3.82. The minimum atomic E-state index is -0.247. The van der Waals surface area contributed by atoms with E-state index in [1.165, 1.54) is 4.68 Å². The van der Waals surface area contributed by atoms with Crippen molar-refractivity contribution in [2.45, 2.75) is 13.3 Å². The number of anilines is 1. The SMILES string of the molecule is Cc1cc(C(=O)NCCC(=O)Nc2cccc3cccnc23)n(C)n1. The number of pyridine rings is 1. The van der Waals surface area contributed by atoms with Crippen molar-refractivity contribution < 1.29 is 9.59 Å². The van der Waals surface area contributed by atoms with Gasteiger partial charge in [0.1, 0.15) is 5.69 Å². The van der Waals surface area contributed by atoms with Crippen LogP contribution in [0.3, 0.4) is 0 Å². The van der Waals surface area contributed by atoms with E-state index in [1.807, 2.05) is 37.3 Å². The summed E-state index contributed by atoms with van der Waals surface area (Å²) in [6.45, 7) is 2.07. The Kier molecular flexibility index (Phi) is 4.74. The Labute approximate surface area is 145 Å². The molecule has 2 amide bonds. The van der Waals surface area contributed by atoms with Crippen molar-refractivity contribution in [3.63, 3.8) is 0 Å². The Hall–Kier alpha value is -3.22. The van der Waals surface area contributed by atoms with Gasteiger partial charge >= 0.3 is 0 Å². The maximum absolute atomic E-state index is 12.1. The molecular formula is C18H19N5O2. The second-order valence-corrected chi connectivity index (χ2v) is 5.73.